The van der Waals surface area contributed by atoms with E-state index in [9.17, 15) is 4.79 Å². The fourth-order valence-corrected chi connectivity index (χ4v) is 2.75. The molecule has 0 bridgehead atoms. The van der Waals surface area contributed by atoms with Gasteiger partial charge in [-0.25, -0.2) is 0 Å². The normalized spacial score (nSPS) is 23.1. The van der Waals surface area contributed by atoms with Crippen molar-refractivity contribution in [2.45, 2.75) is 45.1 Å². The van der Waals surface area contributed by atoms with E-state index in [1.54, 1.807) is 0 Å². The highest BCUT2D eigenvalue weighted by atomic mass is 16.5. The number of nitrogens with one attached hydrogen (secondary N) is 1. The molecule has 1 fully saturated rings. The standard InChI is InChI=1S/C14H27N5O2/c1-3-19-11-5-7-14(8-12-19,13(20)21-4-2)16-9-6-10-17-18-15/h16H,3-12H2,1-2H3. The van der Waals surface area contributed by atoms with Gasteiger partial charge in [0.1, 0.15) is 5.54 Å². The minimum Gasteiger partial charge on any atom is -0.465 e. The van der Waals surface area contributed by atoms with E-state index in [4.69, 9.17) is 10.3 Å². The Bertz CT molecular complexity index is 370. The van der Waals surface area contributed by atoms with Crippen molar-refractivity contribution >= 4 is 5.97 Å². The maximum absolute atomic E-state index is 12.4. The number of esters is 1. The fraction of sp³-hybridized carbons (Fsp3) is 0.929. The molecule has 1 unspecified atom stereocenters. The molecule has 0 amide bonds. The Hall–Kier alpha value is -1.30. The Balaban J connectivity index is 2.65. The summed E-state index contributed by atoms with van der Waals surface area (Å²) in [6, 6.07) is 0. The van der Waals surface area contributed by atoms with E-state index in [0.29, 0.717) is 19.7 Å². The lowest BCUT2D eigenvalue weighted by molar-refractivity contribution is -0.152. The van der Waals surface area contributed by atoms with E-state index >= 15 is 0 Å². The SMILES string of the molecule is CCOC(=O)C1(NCCCN=[N+]=[N-])CCCN(CC)CC1. The van der Waals surface area contributed by atoms with Gasteiger partial charge in [0, 0.05) is 18.0 Å². The van der Waals surface area contributed by atoms with Crippen molar-refractivity contribution in [3.63, 3.8) is 0 Å². The summed E-state index contributed by atoms with van der Waals surface area (Å²) in [5, 5.41) is 6.90. The molecule has 0 aromatic rings. The van der Waals surface area contributed by atoms with Gasteiger partial charge >= 0.3 is 5.97 Å². The second-order valence-corrected chi connectivity index (χ2v) is 5.33. The molecule has 1 atom stereocenters. The summed E-state index contributed by atoms with van der Waals surface area (Å²) in [6.45, 7) is 8.42. The second-order valence-electron chi connectivity index (χ2n) is 5.33. The third-order valence-corrected chi connectivity index (χ3v) is 4.01. The number of hydrogen-bond donors (Lipinski definition) is 1. The predicted octanol–water partition coefficient (Wildman–Crippen LogP) is 2.08. The van der Waals surface area contributed by atoms with Crippen LogP contribution in [0.3, 0.4) is 0 Å². The van der Waals surface area contributed by atoms with Gasteiger partial charge in [-0.3, -0.25) is 4.79 Å². The molecule has 0 aliphatic carbocycles. The van der Waals surface area contributed by atoms with E-state index < -0.39 is 5.54 Å². The number of carbonyl (C=O) groups is 1. The third kappa shape index (κ3) is 5.53. The summed E-state index contributed by atoms with van der Waals surface area (Å²) in [4.78, 5) is 17.5. The molecule has 21 heavy (non-hydrogen) atoms. The van der Waals surface area contributed by atoms with Gasteiger partial charge in [-0.2, -0.15) is 0 Å². The Morgan fingerprint density at radius 3 is 2.90 bits per heavy atom. The zero-order valence-corrected chi connectivity index (χ0v) is 13.2. The van der Waals surface area contributed by atoms with Gasteiger partial charge in [0.15, 0.2) is 0 Å². The van der Waals surface area contributed by atoms with Gasteiger partial charge < -0.3 is 15.0 Å². The van der Waals surface area contributed by atoms with Crippen molar-refractivity contribution < 1.29 is 9.53 Å². The lowest BCUT2D eigenvalue weighted by Gasteiger charge is -2.31. The van der Waals surface area contributed by atoms with Crippen LogP contribution >= 0.6 is 0 Å². The summed E-state index contributed by atoms with van der Waals surface area (Å²) in [7, 11) is 0. The number of azide groups is 1. The van der Waals surface area contributed by atoms with Crippen LogP contribution in [0.5, 0.6) is 0 Å². The first-order valence-corrected chi connectivity index (χ1v) is 7.84. The van der Waals surface area contributed by atoms with Crippen LogP contribution in [-0.4, -0.2) is 55.7 Å². The first kappa shape index (κ1) is 17.8. The first-order valence-electron chi connectivity index (χ1n) is 7.84. The Morgan fingerprint density at radius 1 is 1.43 bits per heavy atom. The predicted molar refractivity (Wildman–Crippen MR) is 82.0 cm³/mol. The summed E-state index contributed by atoms with van der Waals surface area (Å²) in [5.74, 6) is -0.147. The summed E-state index contributed by atoms with van der Waals surface area (Å²) >= 11 is 0. The van der Waals surface area contributed by atoms with E-state index in [1.807, 2.05) is 6.92 Å². The van der Waals surface area contributed by atoms with Gasteiger partial charge in [0.2, 0.25) is 0 Å². The molecule has 1 aliphatic heterocycles. The molecule has 1 aliphatic rings. The van der Waals surface area contributed by atoms with Crippen molar-refractivity contribution in [1.82, 2.24) is 10.2 Å². The maximum atomic E-state index is 12.4. The van der Waals surface area contributed by atoms with Crippen LogP contribution in [0, 0.1) is 0 Å². The van der Waals surface area contributed by atoms with E-state index in [0.717, 1.165) is 45.3 Å². The van der Waals surface area contributed by atoms with Crippen molar-refractivity contribution in [1.29, 1.82) is 0 Å². The molecular weight excluding hydrogens is 270 g/mol. The summed E-state index contributed by atoms with van der Waals surface area (Å²) < 4.78 is 5.29. The molecule has 1 saturated heterocycles. The molecule has 0 saturated carbocycles. The Kier molecular flexibility index (Phi) is 8.12. The average Bonchev–Trinajstić information content (AvgIpc) is 2.70. The molecule has 0 radical (unpaired) electrons. The average molecular weight is 297 g/mol. The van der Waals surface area contributed by atoms with Crippen LogP contribution in [0.4, 0.5) is 0 Å². The van der Waals surface area contributed by atoms with Crippen LogP contribution < -0.4 is 5.32 Å². The Labute approximate surface area is 126 Å². The largest absolute Gasteiger partial charge is 0.465 e. The molecule has 120 valence electrons. The number of likely N-dealkylation sites (tertiary alicyclic amines) is 1. The molecule has 7 nitrogen and oxygen atoms in total. The third-order valence-electron chi connectivity index (χ3n) is 4.01. The zero-order chi connectivity index (χ0) is 15.6. The van der Waals surface area contributed by atoms with Crippen LogP contribution in [0.25, 0.3) is 10.4 Å². The van der Waals surface area contributed by atoms with Gasteiger partial charge in [-0.05, 0) is 57.8 Å². The van der Waals surface area contributed by atoms with Crippen molar-refractivity contribution in [3.05, 3.63) is 10.4 Å². The van der Waals surface area contributed by atoms with E-state index in [2.05, 4.69) is 27.2 Å². The molecular formula is C14H27N5O2. The van der Waals surface area contributed by atoms with Gasteiger partial charge in [0.25, 0.3) is 0 Å². The lowest BCUT2D eigenvalue weighted by Crippen LogP contribution is -2.54. The first-order chi connectivity index (χ1) is 10.2. The molecule has 1 N–H and O–H groups in total. The highest BCUT2D eigenvalue weighted by Gasteiger charge is 2.40. The Morgan fingerprint density at radius 2 is 2.24 bits per heavy atom. The topological polar surface area (TPSA) is 90.3 Å². The van der Waals surface area contributed by atoms with Crippen molar-refractivity contribution in [2.24, 2.45) is 5.11 Å². The lowest BCUT2D eigenvalue weighted by atomic mass is 9.90. The van der Waals surface area contributed by atoms with Crippen LogP contribution in [0.2, 0.25) is 0 Å². The number of hydrogen-bond acceptors (Lipinski definition) is 5. The van der Waals surface area contributed by atoms with Crippen molar-refractivity contribution in [3.8, 4) is 0 Å². The van der Waals surface area contributed by atoms with Crippen LogP contribution in [0.1, 0.15) is 39.5 Å². The molecule has 1 heterocycles. The highest BCUT2D eigenvalue weighted by molar-refractivity contribution is 5.81. The highest BCUT2D eigenvalue weighted by Crippen LogP contribution is 2.24. The second kappa shape index (κ2) is 9.60. The zero-order valence-electron chi connectivity index (χ0n) is 13.2. The maximum Gasteiger partial charge on any atom is 0.326 e. The van der Waals surface area contributed by atoms with Gasteiger partial charge in [0.05, 0.1) is 6.61 Å². The molecule has 1 rings (SSSR count). The molecule has 0 spiro atoms. The number of nitrogens with zero attached hydrogens (tertiary/aromatic N) is 4. The number of rotatable bonds is 8. The van der Waals surface area contributed by atoms with Crippen molar-refractivity contribution in [2.75, 3.05) is 39.3 Å². The number of carbonyl (C=O) groups excluding carboxylic acids is 1. The minimum absolute atomic E-state index is 0.147. The monoisotopic (exact) mass is 297 g/mol. The van der Waals surface area contributed by atoms with Crippen LogP contribution in [0.15, 0.2) is 5.11 Å². The van der Waals surface area contributed by atoms with Gasteiger partial charge in [-0.15, -0.1) is 0 Å². The molecule has 7 heteroatoms. The smallest absolute Gasteiger partial charge is 0.326 e. The summed E-state index contributed by atoms with van der Waals surface area (Å²) in [5.41, 5.74) is 7.69. The molecule has 0 aromatic carbocycles. The quantitative estimate of drug-likeness (QED) is 0.244. The van der Waals surface area contributed by atoms with Crippen LogP contribution in [-0.2, 0) is 9.53 Å². The van der Waals surface area contributed by atoms with Gasteiger partial charge in [-0.1, -0.05) is 12.0 Å². The minimum atomic E-state index is -0.587. The number of ether oxygens (including phenoxy) is 1. The molecule has 0 aromatic heterocycles. The van der Waals surface area contributed by atoms with E-state index in [1.165, 1.54) is 0 Å². The summed E-state index contributed by atoms with van der Waals surface area (Å²) in [6.07, 6.45) is 3.27. The van der Waals surface area contributed by atoms with E-state index in [-0.39, 0.29) is 5.97 Å². The fourth-order valence-electron chi connectivity index (χ4n) is 2.75.